The van der Waals surface area contributed by atoms with Gasteiger partial charge in [-0.2, -0.15) is 0 Å². The molecule has 0 bridgehead atoms. The van der Waals surface area contributed by atoms with Crippen molar-refractivity contribution < 1.29 is 18.9 Å². The largest absolute Gasteiger partial charge is 0.426 e. The number of nitro groups is 1. The highest BCUT2D eigenvalue weighted by Gasteiger charge is 2.18. The molecule has 0 aliphatic carbocycles. The van der Waals surface area contributed by atoms with Crippen LogP contribution in [0, 0.1) is 17.0 Å². The molecular formula is C19H15NO6S. The molecule has 0 saturated carbocycles. The molecule has 0 fully saturated rings. The van der Waals surface area contributed by atoms with E-state index in [1.807, 2.05) is 0 Å². The van der Waals surface area contributed by atoms with Crippen LogP contribution in [0.3, 0.4) is 0 Å². The normalized spacial score (nSPS) is 11.9. The molecule has 0 aliphatic rings. The third kappa shape index (κ3) is 4.35. The maximum Gasteiger partial charge on any atom is 0.336 e. The van der Waals surface area contributed by atoms with Crippen LogP contribution in [0.2, 0.25) is 0 Å². The molecule has 1 heterocycles. The van der Waals surface area contributed by atoms with Gasteiger partial charge in [0.15, 0.2) is 0 Å². The van der Waals surface area contributed by atoms with Gasteiger partial charge in [0.2, 0.25) is 0 Å². The standard InChI is InChI=1S/C19H15NO6S/c1-11-9-18(21)26-17-10-14(5-8-16(11)17)25-19(22)12(2)27-15-6-3-13(4-7-15)20(23)24/h3-10,12H,1-2H3. The van der Waals surface area contributed by atoms with Crippen molar-refractivity contribution in [3.63, 3.8) is 0 Å². The lowest BCUT2D eigenvalue weighted by molar-refractivity contribution is -0.384. The monoisotopic (exact) mass is 385 g/mol. The minimum Gasteiger partial charge on any atom is -0.426 e. The zero-order valence-electron chi connectivity index (χ0n) is 14.5. The zero-order valence-corrected chi connectivity index (χ0v) is 15.3. The summed E-state index contributed by atoms with van der Waals surface area (Å²) in [6.07, 6.45) is 0. The summed E-state index contributed by atoms with van der Waals surface area (Å²) in [7, 11) is 0. The summed E-state index contributed by atoms with van der Waals surface area (Å²) >= 11 is 1.23. The molecule has 0 saturated heterocycles. The number of hydrogen-bond acceptors (Lipinski definition) is 7. The fourth-order valence-electron chi connectivity index (χ4n) is 2.47. The Bertz CT molecular complexity index is 1070. The molecule has 1 aromatic heterocycles. The fourth-order valence-corrected chi connectivity index (χ4v) is 3.31. The van der Waals surface area contributed by atoms with E-state index in [1.165, 1.54) is 36.0 Å². The Labute approximate surface area is 158 Å². The predicted octanol–water partition coefficient (Wildman–Crippen LogP) is 4.10. The van der Waals surface area contributed by atoms with E-state index in [-0.39, 0.29) is 11.4 Å². The Balaban J connectivity index is 1.71. The highest BCUT2D eigenvalue weighted by Crippen LogP contribution is 2.27. The van der Waals surface area contributed by atoms with Gasteiger partial charge in [-0.1, -0.05) is 0 Å². The number of fused-ring (bicyclic) bond motifs is 1. The number of thioether (sulfide) groups is 1. The summed E-state index contributed by atoms with van der Waals surface area (Å²) in [4.78, 5) is 34.7. The van der Waals surface area contributed by atoms with Crippen molar-refractivity contribution in [2.24, 2.45) is 0 Å². The van der Waals surface area contributed by atoms with Gasteiger partial charge in [0, 0.05) is 34.5 Å². The number of nitrogens with zero attached hydrogens (tertiary/aromatic N) is 1. The van der Waals surface area contributed by atoms with Gasteiger partial charge >= 0.3 is 11.6 Å². The van der Waals surface area contributed by atoms with Crippen molar-refractivity contribution in [2.45, 2.75) is 24.0 Å². The first-order chi connectivity index (χ1) is 12.8. The maximum atomic E-state index is 12.3. The number of ether oxygens (including phenoxy) is 1. The van der Waals surface area contributed by atoms with E-state index in [0.717, 1.165) is 10.9 Å². The van der Waals surface area contributed by atoms with Crippen LogP contribution >= 0.6 is 11.8 Å². The molecule has 0 radical (unpaired) electrons. The summed E-state index contributed by atoms with van der Waals surface area (Å²) in [5, 5.41) is 10.9. The second-order valence-electron chi connectivity index (χ2n) is 5.84. The second kappa shape index (κ2) is 7.63. The maximum absolute atomic E-state index is 12.3. The van der Waals surface area contributed by atoms with Crippen LogP contribution < -0.4 is 10.4 Å². The molecule has 2 aromatic carbocycles. The van der Waals surface area contributed by atoms with Crippen LogP contribution in [-0.2, 0) is 4.79 Å². The lowest BCUT2D eigenvalue weighted by atomic mass is 10.1. The average molecular weight is 385 g/mol. The van der Waals surface area contributed by atoms with Gasteiger partial charge in [-0.3, -0.25) is 14.9 Å². The molecule has 27 heavy (non-hydrogen) atoms. The van der Waals surface area contributed by atoms with E-state index in [0.29, 0.717) is 10.5 Å². The Morgan fingerprint density at radius 2 is 1.89 bits per heavy atom. The van der Waals surface area contributed by atoms with Gasteiger partial charge in [0.1, 0.15) is 16.6 Å². The van der Waals surface area contributed by atoms with Crippen LogP contribution in [-0.4, -0.2) is 16.1 Å². The van der Waals surface area contributed by atoms with Crippen LogP contribution in [0.15, 0.2) is 62.6 Å². The van der Waals surface area contributed by atoms with E-state index in [2.05, 4.69) is 0 Å². The van der Waals surface area contributed by atoms with Crippen molar-refractivity contribution in [3.8, 4) is 5.75 Å². The number of non-ortho nitro benzene ring substituents is 1. The highest BCUT2D eigenvalue weighted by molar-refractivity contribution is 8.00. The lowest BCUT2D eigenvalue weighted by Gasteiger charge is -2.11. The first-order valence-corrected chi connectivity index (χ1v) is 8.89. The molecule has 1 unspecified atom stereocenters. The van der Waals surface area contributed by atoms with E-state index in [9.17, 15) is 19.7 Å². The number of benzene rings is 2. The minimum absolute atomic E-state index is 0.0115. The van der Waals surface area contributed by atoms with Crippen molar-refractivity contribution in [1.82, 2.24) is 0 Å². The predicted molar refractivity (Wildman–Crippen MR) is 101 cm³/mol. The first-order valence-electron chi connectivity index (χ1n) is 8.01. The van der Waals surface area contributed by atoms with Crippen LogP contribution in [0.1, 0.15) is 12.5 Å². The van der Waals surface area contributed by atoms with Crippen molar-refractivity contribution in [1.29, 1.82) is 0 Å². The third-order valence-electron chi connectivity index (χ3n) is 3.83. The molecule has 0 amide bonds. The smallest absolute Gasteiger partial charge is 0.336 e. The number of aryl methyl sites for hydroxylation is 1. The SMILES string of the molecule is Cc1cc(=O)oc2cc(OC(=O)C(C)Sc3ccc([N+](=O)[O-])cc3)ccc12. The Kier molecular flexibility index (Phi) is 5.27. The Hall–Kier alpha value is -3.13. The topological polar surface area (TPSA) is 99.7 Å². The van der Waals surface area contributed by atoms with Gasteiger partial charge in [-0.05, 0) is 43.7 Å². The molecule has 0 N–H and O–H groups in total. The molecule has 0 spiro atoms. The molecule has 8 heteroatoms. The summed E-state index contributed by atoms with van der Waals surface area (Å²) in [5.74, 6) is -0.204. The average Bonchev–Trinajstić information content (AvgIpc) is 2.61. The number of hydrogen-bond donors (Lipinski definition) is 0. The third-order valence-corrected chi connectivity index (χ3v) is 4.92. The van der Waals surface area contributed by atoms with E-state index >= 15 is 0 Å². The molecule has 7 nitrogen and oxygen atoms in total. The van der Waals surface area contributed by atoms with Gasteiger partial charge in [0.25, 0.3) is 5.69 Å². The lowest BCUT2D eigenvalue weighted by Crippen LogP contribution is -2.19. The molecule has 3 aromatic rings. The first kappa shape index (κ1) is 18.7. The Morgan fingerprint density at radius 3 is 2.56 bits per heavy atom. The number of carbonyl (C=O) groups excluding carboxylic acids is 1. The van der Waals surface area contributed by atoms with Gasteiger partial charge in [-0.25, -0.2) is 4.79 Å². The van der Waals surface area contributed by atoms with Crippen LogP contribution in [0.4, 0.5) is 5.69 Å². The number of esters is 1. The summed E-state index contributed by atoms with van der Waals surface area (Å²) in [6.45, 7) is 3.48. The van der Waals surface area contributed by atoms with Crippen molar-refractivity contribution in [2.75, 3.05) is 0 Å². The van der Waals surface area contributed by atoms with Crippen LogP contribution in [0.5, 0.6) is 5.75 Å². The summed E-state index contributed by atoms with van der Waals surface area (Å²) < 4.78 is 10.5. The molecule has 138 valence electrons. The quantitative estimate of drug-likeness (QED) is 0.163. The summed E-state index contributed by atoms with van der Waals surface area (Å²) in [6, 6.07) is 12.2. The fraction of sp³-hybridized carbons (Fsp3) is 0.158. The van der Waals surface area contributed by atoms with E-state index in [1.54, 1.807) is 38.1 Å². The zero-order chi connectivity index (χ0) is 19.6. The van der Waals surface area contributed by atoms with E-state index < -0.39 is 21.8 Å². The highest BCUT2D eigenvalue weighted by atomic mass is 32.2. The number of nitro benzene ring substituents is 1. The second-order valence-corrected chi connectivity index (χ2v) is 7.25. The number of carbonyl (C=O) groups is 1. The van der Waals surface area contributed by atoms with E-state index in [4.69, 9.17) is 9.15 Å². The van der Waals surface area contributed by atoms with Crippen LogP contribution in [0.25, 0.3) is 11.0 Å². The van der Waals surface area contributed by atoms with Gasteiger partial charge < -0.3 is 9.15 Å². The molecule has 3 rings (SSSR count). The van der Waals surface area contributed by atoms with Gasteiger partial charge in [-0.15, -0.1) is 11.8 Å². The van der Waals surface area contributed by atoms with Crippen molar-refractivity contribution in [3.05, 3.63) is 74.6 Å². The minimum atomic E-state index is -0.535. The molecule has 1 atom stereocenters. The molecule has 0 aliphatic heterocycles. The van der Waals surface area contributed by atoms with Crippen molar-refractivity contribution >= 4 is 34.4 Å². The Morgan fingerprint density at radius 1 is 1.19 bits per heavy atom. The number of rotatable bonds is 5. The molecular weight excluding hydrogens is 370 g/mol. The summed E-state index contributed by atoms with van der Waals surface area (Å²) in [5.41, 5.74) is 0.648. The van der Waals surface area contributed by atoms with Gasteiger partial charge in [0.05, 0.1) is 4.92 Å².